The molecule has 1 atom stereocenters. The Bertz CT molecular complexity index is 534. The maximum atomic E-state index is 12.0. The van der Waals surface area contributed by atoms with Crippen molar-refractivity contribution in [1.29, 1.82) is 0 Å². The summed E-state index contributed by atoms with van der Waals surface area (Å²) in [6, 6.07) is 1.26. The molecule has 0 fully saturated rings. The number of anilines is 1. The zero-order valence-electron chi connectivity index (χ0n) is 13.9. The quantitative estimate of drug-likeness (QED) is 0.815. The van der Waals surface area contributed by atoms with Gasteiger partial charge in [0, 0.05) is 12.0 Å². The fraction of sp³-hybridized carbons (Fsp3) is 0.600. The van der Waals surface area contributed by atoms with Gasteiger partial charge in [-0.2, -0.15) is 0 Å². The van der Waals surface area contributed by atoms with Crippen LogP contribution in [-0.2, 0) is 14.9 Å². The van der Waals surface area contributed by atoms with Gasteiger partial charge in [-0.15, -0.1) is 11.3 Å². The van der Waals surface area contributed by atoms with Crippen LogP contribution in [0.3, 0.4) is 0 Å². The summed E-state index contributed by atoms with van der Waals surface area (Å²) in [5, 5.41) is 5.95. The summed E-state index contributed by atoms with van der Waals surface area (Å²) in [4.78, 5) is 24.9. The highest BCUT2D eigenvalue weighted by atomic mass is 32.1. The number of methoxy groups -OCH3 is 2. The minimum atomic E-state index is -0.466. The molecule has 1 unspecified atom stereocenters. The third-order valence-corrected chi connectivity index (χ3v) is 4.37. The van der Waals surface area contributed by atoms with Gasteiger partial charge in [-0.3, -0.25) is 5.32 Å². The molecule has 0 aliphatic rings. The van der Waals surface area contributed by atoms with Gasteiger partial charge in [0.25, 0.3) is 0 Å². The molecule has 2 amide bonds. The standard InChI is InChI=1S/C15H24N2O4S/c1-9(8-20-5)16-14(19)17-12-10(13(18)21-6)7-11(22-12)15(2,3)4/h7,9H,8H2,1-6H3,(H2,16,17,19). The minimum absolute atomic E-state index is 0.118. The molecule has 1 aromatic heterocycles. The highest BCUT2D eigenvalue weighted by molar-refractivity contribution is 7.16. The second-order valence-corrected chi connectivity index (χ2v) is 7.10. The second kappa shape index (κ2) is 7.60. The van der Waals surface area contributed by atoms with Crippen LogP contribution in [0, 0.1) is 0 Å². The molecule has 6 nitrogen and oxygen atoms in total. The van der Waals surface area contributed by atoms with Gasteiger partial charge in [0.05, 0.1) is 25.3 Å². The number of esters is 1. The molecule has 7 heteroatoms. The molecule has 0 saturated heterocycles. The molecule has 0 spiro atoms. The number of urea groups is 1. The lowest BCUT2D eigenvalue weighted by Gasteiger charge is -2.15. The van der Waals surface area contributed by atoms with Gasteiger partial charge in [-0.25, -0.2) is 9.59 Å². The number of hydrogen-bond donors (Lipinski definition) is 2. The Morgan fingerprint density at radius 1 is 1.32 bits per heavy atom. The predicted molar refractivity (Wildman–Crippen MR) is 87.9 cm³/mol. The summed E-state index contributed by atoms with van der Waals surface area (Å²) in [6.07, 6.45) is 0. The van der Waals surface area contributed by atoms with Crippen molar-refractivity contribution >= 4 is 28.3 Å². The molecule has 0 bridgehead atoms. The number of rotatable bonds is 5. The number of thiophene rings is 1. The van der Waals surface area contributed by atoms with Crippen LogP contribution in [0.5, 0.6) is 0 Å². The van der Waals surface area contributed by atoms with Gasteiger partial charge in [-0.1, -0.05) is 20.8 Å². The predicted octanol–water partition coefficient (Wildman–Crippen LogP) is 2.99. The third kappa shape index (κ3) is 4.99. The molecule has 0 radical (unpaired) electrons. The molecule has 1 heterocycles. The van der Waals surface area contributed by atoms with E-state index in [1.165, 1.54) is 18.4 Å². The topological polar surface area (TPSA) is 76.7 Å². The maximum Gasteiger partial charge on any atom is 0.340 e. The average molecular weight is 328 g/mol. The molecule has 0 aliphatic heterocycles. The van der Waals surface area contributed by atoms with E-state index in [0.29, 0.717) is 17.2 Å². The Labute approximate surface area is 135 Å². The van der Waals surface area contributed by atoms with E-state index in [9.17, 15) is 9.59 Å². The number of carbonyl (C=O) groups is 2. The first kappa shape index (κ1) is 18.4. The fourth-order valence-corrected chi connectivity index (χ4v) is 2.87. The SMILES string of the molecule is COCC(C)NC(=O)Nc1sc(C(C)(C)C)cc1C(=O)OC. The molecule has 1 rings (SSSR count). The lowest BCUT2D eigenvalue weighted by Crippen LogP contribution is -2.38. The average Bonchev–Trinajstić information content (AvgIpc) is 2.81. The summed E-state index contributed by atoms with van der Waals surface area (Å²) in [5.74, 6) is -0.466. The van der Waals surface area contributed by atoms with Crippen LogP contribution < -0.4 is 10.6 Å². The largest absolute Gasteiger partial charge is 0.465 e. The van der Waals surface area contributed by atoms with Crippen molar-refractivity contribution in [2.45, 2.75) is 39.2 Å². The van der Waals surface area contributed by atoms with Crippen LogP contribution in [0.15, 0.2) is 6.07 Å². The Morgan fingerprint density at radius 3 is 2.45 bits per heavy atom. The van der Waals surface area contributed by atoms with Gasteiger partial charge in [0.15, 0.2) is 0 Å². The van der Waals surface area contributed by atoms with Gasteiger partial charge < -0.3 is 14.8 Å². The molecule has 0 saturated carbocycles. The van der Waals surface area contributed by atoms with E-state index in [0.717, 1.165) is 4.88 Å². The first-order valence-corrected chi connectivity index (χ1v) is 7.79. The molecule has 0 aromatic carbocycles. The van der Waals surface area contributed by atoms with Crippen LogP contribution in [0.2, 0.25) is 0 Å². The van der Waals surface area contributed by atoms with Crippen LogP contribution in [0.25, 0.3) is 0 Å². The molecule has 0 aliphatic carbocycles. The van der Waals surface area contributed by atoms with Crippen LogP contribution in [0.4, 0.5) is 9.80 Å². The van der Waals surface area contributed by atoms with Crippen molar-refractivity contribution in [3.8, 4) is 0 Å². The van der Waals surface area contributed by atoms with Crippen molar-refractivity contribution in [3.05, 3.63) is 16.5 Å². The normalized spacial score (nSPS) is 12.6. The monoisotopic (exact) mass is 328 g/mol. The Balaban J connectivity index is 2.95. The maximum absolute atomic E-state index is 12.0. The highest BCUT2D eigenvalue weighted by Crippen LogP contribution is 2.36. The van der Waals surface area contributed by atoms with Crippen LogP contribution in [-0.4, -0.2) is 38.9 Å². The van der Waals surface area contributed by atoms with Gasteiger partial charge in [0.1, 0.15) is 5.00 Å². The van der Waals surface area contributed by atoms with E-state index < -0.39 is 5.97 Å². The van der Waals surface area contributed by atoms with Crippen molar-refractivity contribution in [2.24, 2.45) is 0 Å². The van der Waals surface area contributed by atoms with Crippen molar-refractivity contribution in [3.63, 3.8) is 0 Å². The summed E-state index contributed by atoms with van der Waals surface area (Å²) < 4.78 is 9.75. The van der Waals surface area contributed by atoms with Gasteiger partial charge in [-0.05, 0) is 18.4 Å². The first-order valence-electron chi connectivity index (χ1n) is 6.98. The van der Waals surface area contributed by atoms with E-state index in [2.05, 4.69) is 10.6 Å². The smallest absolute Gasteiger partial charge is 0.340 e. The molecule has 22 heavy (non-hydrogen) atoms. The number of amides is 2. The number of ether oxygens (including phenoxy) is 2. The summed E-state index contributed by atoms with van der Waals surface area (Å²) in [6.45, 7) is 8.38. The Morgan fingerprint density at radius 2 is 1.95 bits per heavy atom. The fourth-order valence-electron chi connectivity index (χ4n) is 1.77. The Kier molecular flexibility index (Phi) is 6.37. The molecule has 2 N–H and O–H groups in total. The molecular weight excluding hydrogens is 304 g/mol. The highest BCUT2D eigenvalue weighted by Gasteiger charge is 2.24. The van der Waals surface area contributed by atoms with Crippen molar-refractivity contribution < 1.29 is 19.1 Å². The van der Waals surface area contributed by atoms with E-state index >= 15 is 0 Å². The van der Waals surface area contributed by atoms with Gasteiger partial charge >= 0.3 is 12.0 Å². The second-order valence-electron chi connectivity index (χ2n) is 6.05. The number of nitrogens with one attached hydrogen (secondary N) is 2. The lowest BCUT2D eigenvalue weighted by molar-refractivity contribution is 0.0602. The van der Waals surface area contributed by atoms with Gasteiger partial charge in [0.2, 0.25) is 0 Å². The van der Waals surface area contributed by atoms with E-state index in [-0.39, 0.29) is 17.5 Å². The first-order chi connectivity index (χ1) is 10.2. The summed E-state index contributed by atoms with van der Waals surface area (Å²) in [7, 11) is 2.89. The summed E-state index contributed by atoms with van der Waals surface area (Å²) in [5.41, 5.74) is 0.250. The summed E-state index contributed by atoms with van der Waals surface area (Å²) >= 11 is 1.37. The molecular formula is C15H24N2O4S. The van der Waals surface area contributed by atoms with E-state index in [4.69, 9.17) is 9.47 Å². The number of hydrogen-bond acceptors (Lipinski definition) is 5. The van der Waals surface area contributed by atoms with Crippen molar-refractivity contribution in [1.82, 2.24) is 5.32 Å². The van der Waals surface area contributed by atoms with E-state index in [1.807, 2.05) is 27.7 Å². The van der Waals surface area contributed by atoms with Crippen molar-refractivity contribution in [2.75, 3.05) is 26.1 Å². The molecule has 124 valence electrons. The van der Waals surface area contributed by atoms with Crippen LogP contribution >= 0.6 is 11.3 Å². The van der Waals surface area contributed by atoms with E-state index in [1.54, 1.807) is 13.2 Å². The minimum Gasteiger partial charge on any atom is -0.465 e. The zero-order valence-corrected chi connectivity index (χ0v) is 14.7. The van der Waals surface area contributed by atoms with Crippen LogP contribution in [0.1, 0.15) is 42.9 Å². The lowest BCUT2D eigenvalue weighted by atomic mass is 9.94. The Hall–Kier alpha value is -1.60. The number of carbonyl (C=O) groups excluding carboxylic acids is 2. The zero-order chi connectivity index (χ0) is 16.9. The molecule has 1 aromatic rings. The third-order valence-electron chi connectivity index (χ3n) is 2.90.